The van der Waals surface area contributed by atoms with Crippen LogP contribution in [0.4, 0.5) is 0 Å². The highest BCUT2D eigenvalue weighted by molar-refractivity contribution is 7.11. The van der Waals surface area contributed by atoms with Crippen molar-refractivity contribution in [1.29, 1.82) is 0 Å². The average molecular weight is 304 g/mol. The van der Waals surface area contributed by atoms with Crippen molar-refractivity contribution >= 4 is 11.3 Å². The molecule has 21 heavy (non-hydrogen) atoms. The van der Waals surface area contributed by atoms with E-state index in [4.69, 9.17) is 20.2 Å². The lowest BCUT2D eigenvalue weighted by Gasteiger charge is -2.09. The van der Waals surface area contributed by atoms with E-state index in [1.807, 2.05) is 24.3 Å². The average Bonchev–Trinajstić information content (AvgIpc) is 3.28. The molecular formula is C16H20N2O2S. The molecule has 1 saturated carbocycles. The normalized spacial score (nSPS) is 14.2. The maximum absolute atomic E-state index is 5.81. The first kappa shape index (κ1) is 14.4. The molecule has 0 radical (unpaired) electrons. The molecule has 0 unspecified atom stereocenters. The molecule has 112 valence electrons. The highest BCUT2D eigenvalue weighted by Gasteiger charge is 2.29. The van der Waals surface area contributed by atoms with Crippen LogP contribution in [0.1, 0.15) is 34.3 Å². The van der Waals surface area contributed by atoms with Crippen molar-refractivity contribution < 1.29 is 9.47 Å². The number of methoxy groups -OCH3 is 1. The second kappa shape index (κ2) is 6.45. The van der Waals surface area contributed by atoms with Crippen molar-refractivity contribution in [2.75, 3.05) is 13.7 Å². The Kier molecular flexibility index (Phi) is 4.41. The Balaban J connectivity index is 1.60. The summed E-state index contributed by atoms with van der Waals surface area (Å²) in [5.74, 6) is 2.19. The van der Waals surface area contributed by atoms with E-state index in [1.165, 1.54) is 23.4 Å². The van der Waals surface area contributed by atoms with Gasteiger partial charge in [-0.1, -0.05) is 12.1 Å². The molecule has 3 rings (SSSR count). The number of rotatable bonds is 7. The first-order chi connectivity index (χ1) is 10.3. The largest absolute Gasteiger partial charge is 0.493 e. The Morgan fingerprint density at radius 1 is 1.29 bits per heavy atom. The number of hydrogen-bond acceptors (Lipinski definition) is 5. The maximum Gasteiger partial charge on any atom is 0.161 e. The number of para-hydroxylation sites is 2. The number of nitrogens with two attached hydrogens (primary N) is 1. The molecule has 1 aromatic carbocycles. The van der Waals surface area contributed by atoms with Crippen LogP contribution < -0.4 is 15.2 Å². The molecule has 1 heterocycles. The Morgan fingerprint density at radius 2 is 2.05 bits per heavy atom. The van der Waals surface area contributed by atoms with E-state index in [0.29, 0.717) is 19.1 Å². The minimum absolute atomic E-state index is 0.594. The molecule has 1 aliphatic rings. The quantitative estimate of drug-likeness (QED) is 0.854. The second-order valence-electron chi connectivity index (χ2n) is 5.14. The molecule has 2 N–H and O–H groups in total. The zero-order valence-electron chi connectivity index (χ0n) is 12.2. The Hall–Kier alpha value is -1.59. The number of hydrogen-bond donors (Lipinski definition) is 1. The van der Waals surface area contributed by atoms with E-state index in [-0.39, 0.29) is 0 Å². The third-order valence-corrected chi connectivity index (χ3v) is 4.72. The first-order valence-electron chi connectivity index (χ1n) is 7.26. The summed E-state index contributed by atoms with van der Waals surface area (Å²) in [5, 5.41) is 1.12. The molecule has 1 fully saturated rings. The molecule has 2 aromatic rings. The van der Waals surface area contributed by atoms with Crippen LogP contribution in [0.3, 0.4) is 0 Å². The summed E-state index contributed by atoms with van der Waals surface area (Å²) in [7, 11) is 1.65. The molecule has 1 aromatic heterocycles. The summed E-state index contributed by atoms with van der Waals surface area (Å²) in [6.07, 6.45) is 3.32. The highest BCUT2D eigenvalue weighted by atomic mass is 32.1. The Morgan fingerprint density at radius 3 is 2.71 bits per heavy atom. The standard InChI is InChI=1S/C16H20N2O2S/c1-19-12-4-2-3-5-13(12)20-9-8-15-18-16(11-6-7-11)14(10-17)21-15/h2-5,11H,6-10,17H2,1H3. The summed E-state index contributed by atoms with van der Waals surface area (Å²) >= 11 is 1.73. The van der Waals surface area contributed by atoms with Gasteiger partial charge in [0.05, 0.1) is 24.4 Å². The molecule has 0 bridgehead atoms. The van der Waals surface area contributed by atoms with Gasteiger partial charge in [0.2, 0.25) is 0 Å². The summed E-state index contributed by atoms with van der Waals surface area (Å²) in [5.41, 5.74) is 7.04. The van der Waals surface area contributed by atoms with Gasteiger partial charge < -0.3 is 15.2 Å². The van der Waals surface area contributed by atoms with Crippen LogP contribution in [0.2, 0.25) is 0 Å². The Labute approximate surface area is 128 Å². The minimum atomic E-state index is 0.594. The Bertz CT molecular complexity index is 608. The van der Waals surface area contributed by atoms with Crippen LogP contribution in [0, 0.1) is 0 Å². The van der Waals surface area contributed by atoms with Gasteiger partial charge >= 0.3 is 0 Å². The topological polar surface area (TPSA) is 57.4 Å². The van der Waals surface area contributed by atoms with Crippen LogP contribution in [0.15, 0.2) is 24.3 Å². The number of nitrogens with zero attached hydrogens (tertiary/aromatic N) is 1. The summed E-state index contributed by atoms with van der Waals surface area (Å²) in [4.78, 5) is 5.98. The van der Waals surface area contributed by atoms with Crippen LogP contribution in [-0.2, 0) is 13.0 Å². The van der Waals surface area contributed by atoms with E-state index in [1.54, 1.807) is 18.4 Å². The van der Waals surface area contributed by atoms with Gasteiger partial charge in [-0.25, -0.2) is 4.98 Å². The van der Waals surface area contributed by atoms with Gasteiger partial charge in [-0.2, -0.15) is 0 Å². The predicted molar refractivity (Wildman–Crippen MR) is 84.2 cm³/mol. The molecule has 0 saturated heterocycles. The van der Waals surface area contributed by atoms with Gasteiger partial charge in [-0.05, 0) is 25.0 Å². The minimum Gasteiger partial charge on any atom is -0.493 e. The van der Waals surface area contributed by atoms with Crippen LogP contribution in [0.25, 0.3) is 0 Å². The van der Waals surface area contributed by atoms with Gasteiger partial charge in [0.1, 0.15) is 0 Å². The monoisotopic (exact) mass is 304 g/mol. The lowest BCUT2D eigenvalue weighted by Crippen LogP contribution is -2.02. The smallest absolute Gasteiger partial charge is 0.161 e. The summed E-state index contributed by atoms with van der Waals surface area (Å²) < 4.78 is 11.1. The van der Waals surface area contributed by atoms with Crippen molar-refractivity contribution in [3.05, 3.63) is 39.8 Å². The summed E-state index contributed by atoms with van der Waals surface area (Å²) in [6.45, 7) is 1.19. The van der Waals surface area contributed by atoms with Gasteiger partial charge in [0.15, 0.2) is 11.5 Å². The highest BCUT2D eigenvalue weighted by Crippen LogP contribution is 2.42. The van der Waals surface area contributed by atoms with E-state index < -0.39 is 0 Å². The zero-order chi connectivity index (χ0) is 14.7. The number of benzene rings is 1. The van der Waals surface area contributed by atoms with E-state index in [9.17, 15) is 0 Å². The van der Waals surface area contributed by atoms with Crippen molar-refractivity contribution in [2.45, 2.75) is 31.7 Å². The van der Waals surface area contributed by atoms with E-state index in [2.05, 4.69) is 0 Å². The lowest BCUT2D eigenvalue weighted by atomic mass is 10.2. The fourth-order valence-corrected chi connectivity index (χ4v) is 3.34. The fraction of sp³-hybridized carbons (Fsp3) is 0.438. The SMILES string of the molecule is COc1ccccc1OCCc1nc(C2CC2)c(CN)s1. The first-order valence-corrected chi connectivity index (χ1v) is 8.08. The molecular weight excluding hydrogens is 284 g/mol. The lowest BCUT2D eigenvalue weighted by molar-refractivity contribution is 0.297. The molecule has 0 spiro atoms. The zero-order valence-corrected chi connectivity index (χ0v) is 13.0. The number of thiazole rings is 1. The third-order valence-electron chi connectivity index (χ3n) is 3.56. The van der Waals surface area contributed by atoms with Crippen molar-refractivity contribution in [2.24, 2.45) is 5.73 Å². The molecule has 4 nitrogen and oxygen atoms in total. The van der Waals surface area contributed by atoms with Gasteiger partial charge in [0, 0.05) is 23.8 Å². The number of ether oxygens (including phenoxy) is 2. The van der Waals surface area contributed by atoms with Crippen LogP contribution >= 0.6 is 11.3 Å². The van der Waals surface area contributed by atoms with Gasteiger partial charge in [-0.3, -0.25) is 0 Å². The molecule has 0 amide bonds. The molecule has 0 aliphatic heterocycles. The van der Waals surface area contributed by atoms with E-state index in [0.717, 1.165) is 22.9 Å². The maximum atomic E-state index is 5.81. The van der Waals surface area contributed by atoms with Crippen LogP contribution in [-0.4, -0.2) is 18.7 Å². The van der Waals surface area contributed by atoms with Crippen molar-refractivity contribution in [3.8, 4) is 11.5 Å². The van der Waals surface area contributed by atoms with Gasteiger partial charge in [0.25, 0.3) is 0 Å². The molecule has 1 aliphatic carbocycles. The fourth-order valence-electron chi connectivity index (χ4n) is 2.33. The van der Waals surface area contributed by atoms with Crippen molar-refractivity contribution in [3.63, 3.8) is 0 Å². The second-order valence-corrected chi connectivity index (χ2v) is 6.31. The molecule has 5 heteroatoms. The molecule has 0 atom stereocenters. The van der Waals surface area contributed by atoms with Gasteiger partial charge in [-0.15, -0.1) is 11.3 Å². The van der Waals surface area contributed by atoms with Crippen LogP contribution in [0.5, 0.6) is 11.5 Å². The predicted octanol–water partition coefficient (Wildman–Crippen LogP) is 3.11. The number of aromatic nitrogens is 1. The van der Waals surface area contributed by atoms with Crippen molar-refractivity contribution in [1.82, 2.24) is 4.98 Å². The van der Waals surface area contributed by atoms with E-state index >= 15 is 0 Å². The summed E-state index contributed by atoms with van der Waals surface area (Å²) in [6, 6.07) is 7.69. The third kappa shape index (κ3) is 3.36.